The van der Waals surface area contributed by atoms with E-state index in [0.717, 1.165) is 21.4 Å². The van der Waals surface area contributed by atoms with Crippen LogP contribution in [0.2, 0.25) is 0 Å². The van der Waals surface area contributed by atoms with E-state index in [0.29, 0.717) is 31.3 Å². The summed E-state index contributed by atoms with van der Waals surface area (Å²) in [5, 5.41) is 2.94. The molecule has 0 saturated carbocycles. The maximum absolute atomic E-state index is 12.7. The summed E-state index contributed by atoms with van der Waals surface area (Å²) in [6, 6.07) is 11.1. The average molecular weight is 431 g/mol. The van der Waals surface area contributed by atoms with Gasteiger partial charge in [0.2, 0.25) is 11.8 Å². The van der Waals surface area contributed by atoms with E-state index >= 15 is 0 Å². The van der Waals surface area contributed by atoms with Crippen molar-refractivity contribution in [2.24, 2.45) is 5.92 Å². The van der Waals surface area contributed by atoms with Crippen molar-refractivity contribution in [3.05, 3.63) is 46.4 Å². The molecule has 0 spiro atoms. The van der Waals surface area contributed by atoms with Gasteiger partial charge in [-0.05, 0) is 42.8 Å². The van der Waals surface area contributed by atoms with Crippen LogP contribution in [0.4, 0.5) is 11.4 Å². The van der Waals surface area contributed by atoms with Gasteiger partial charge in [0.15, 0.2) is 11.5 Å². The first-order valence-electron chi connectivity index (χ1n) is 8.78. The van der Waals surface area contributed by atoms with Crippen LogP contribution in [-0.4, -0.2) is 31.6 Å². The molecular formula is C20H19BrN2O4. The monoisotopic (exact) mass is 430 g/mol. The van der Waals surface area contributed by atoms with Crippen LogP contribution in [0.3, 0.4) is 0 Å². The number of hydrogen-bond donors (Lipinski definition) is 1. The molecule has 2 aromatic rings. The molecule has 4 rings (SSSR count). The van der Waals surface area contributed by atoms with Crippen molar-refractivity contribution in [3.63, 3.8) is 0 Å². The van der Waals surface area contributed by atoms with Crippen molar-refractivity contribution in [1.82, 2.24) is 0 Å². The zero-order valence-electron chi connectivity index (χ0n) is 14.8. The Balaban J connectivity index is 1.48. The highest BCUT2D eigenvalue weighted by molar-refractivity contribution is 9.10. The molecule has 0 aromatic heterocycles. The van der Waals surface area contributed by atoms with Gasteiger partial charge in [-0.15, -0.1) is 0 Å². The number of anilines is 2. The van der Waals surface area contributed by atoms with Gasteiger partial charge in [0.05, 0.1) is 5.92 Å². The molecule has 7 heteroatoms. The highest BCUT2D eigenvalue weighted by Gasteiger charge is 2.35. The fourth-order valence-electron chi connectivity index (χ4n) is 3.33. The minimum Gasteiger partial charge on any atom is -0.486 e. The van der Waals surface area contributed by atoms with Crippen LogP contribution in [0, 0.1) is 12.8 Å². The standard InChI is InChI=1S/C20H19BrN2O4/c1-12-8-14(21)2-4-16(12)22-20(25)13-9-19(24)23(11-13)15-3-5-17-18(10-15)27-7-6-26-17/h2-5,8,10,13H,6-7,9,11H2,1H3,(H,22,25)/t13-/m1/s1. The fraction of sp³-hybridized carbons (Fsp3) is 0.300. The third kappa shape index (κ3) is 3.64. The van der Waals surface area contributed by atoms with Gasteiger partial charge in [0.25, 0.3) is 0 Å². The van der Waals surface area contributed by atoms with Gasteiger partial charge in [-0.25, -0.2) is 0 Å². The normalized spacial score (nSPS) is 18.5. The van der Waals surface area contributed by atoms with E-state index in [1.54, 1.807) is 17.0 Å². The second-order valence-corrected chi connectivity index (χ2v) is 7.60. The Kier molecular flexibility index (Phi) is 4.78. The topological polar surface area (TPSA) is 67.9 Å². The van der Waals surface area contributed by atoms with E-state index in [1.807, 2.05) is 31.2 Å². The Bertz CT molecular complexity index is 915. The van der Waals surface area contributed by atoms with E-state index < -0.39 is 5.92 Å². The smallest absolute Gasteiger partial charge is 0.229 e. The molecule has 140 valence electrons. The maximum Gasteiger partial charge on any atom is 0.229 e. The summed E-state index contributed by atoms with van der Waals surface area (Å²) in [5.41, 5.74) is 2.44. The zero-order valence-corrected chi connectivity index (χ0v) is 16.4. The number of carbonyl (C=O) groups excluding carboxylic acids is 2. The summed E-state index contributed by atoms with van der Waals surface area (Å²) in [7, 11) is 0. The van der Waals surface area contributed by atoms with Crippen molar-refractivity contribution in [1.29, 1.82) is 0 Å². The lowest BCUT2D eigenvalue weighted by Crippen LogP contribution is -2.28. The summed E-state index contributed by atoms with van der Waals surface area (Å²) < 4.78 is 12.1. The molecule has 0 radical (unpaired) electrons. The molecule has 6 nitrogen and oxygen atoms in total. The van der Waals surface area contributed by atoms with Gasteiger partial charge in [-0.1, -0.05) is 15.9 Å². The SMILES string of the molecule is Cc1cc(Br)ccc1NC(=O)[C@@H]1CC(=O)N(c2ccc3c(c2)OCCO3)C1. The summed E-state index contributed by atoms with van der Waals surface area (Å²) in [6.07, 6.45) is 0.190. The van der Waals surface area contributed by atoms with Crippen LogP contribution in [-0.2, 0) is 9.59 Å². The first kappa shape index (κ1) is 17.9. The molecule has 2 amide bonds. The number of ether oxygens (including phenoxy) is 2. The number of halogens is 1. The summed E-state index contributed by atoms with van der Waals surface area (Å²) in [5.74, 6) is 0.698. The Hall–Kier alpha value is -2.54. The second kappa shape index (κ2) is 7.23. The maximum atomic E-state index is 12.7. The number of aryl methyl sites for hydroxylation is 1. The van der Waals surface area contributed by atoms with Crippen molar-refractivity contribution >= 4 is 39.1 Å². The van der Waals surface area contributed by atoms with Gasteiger partial charge < -0.3 is 19.7 Å². The third-order valence-corrected chi connectivity index (χ3v) is 5.27. The van der Waals surface area contributed by atoms with E-state index in [1.165, 1.54) is 0 Å². The van der Waals surface area contributed by atoms with Crippen LogP contribution in [0.25, 0.3) is 0 Å². The number of hydrogen-bond acceptors (Lipinski definition) is 4. The Labute approximate surface area is 165 Å². The number of benzene rings is 2. The fourth-order valence-corrected chi connectivity index (χ4v) is 3.81. The molecule has 27 heavy (non-hydrogen) atoms. The van der Waals surface area contributed by atoms with Crippen LogP contribution in [0.15, 0.2) is 40.9 Å². The molecule has 0 aliphatic carbocycles. The lowest BCUT2D eigenvalue weighted by Gasteiger charge is -2.22. The molecular weight excluding hydrogens is 412 g/mol. The van der Waals surface area contributed by atoms with Gasteiger partial charge in [0, 0.05) is 34.9 Å². The van der Waals surface area contributed by atoms with E-state index in [9.17, 15) is 9.59 Å². The predicted molar refractivity (Wildman–Crippen MR) is 105 cm³/mol. The molecule has 2 heterocycles. The highest BCUT2D eigenvalue weighted by atomic mass is 79.9. The third-order valence-electron chi connectivity index (χ3n) is 4.78. The van der Waals surface area contributed by atoms with Crippen LogP contribution in [0.1, 0.15) is 12.0 Å². The van der Waals surface area contributed by atoms with Crippen LogP contribution in [0.5, 0.6) is 11.5 Å². The molecule has 1 N–H and O–H groups in total. The first-order valence-corrected chi connectivity index (χ1v) is 9.57. The van der Waals surface area contributed by atoms with Crippen molar-refractivity contribution < 1.29 is 19.1 Å². The van der Waals surface area contributed by atoms with Gasteiger partial charge in [0.1, 0.15) is 13.2 Å². The Morgan fingerprint density at radius 1 is 1.15 bits per heavy atom. The van der Waals surface area contributed by atoms with Gasteiger partial charge >= 0.3 is 0 Å². The molecule has 0 unspecified atom stereocenters. The molecule has 0 bridgehead atoms. The number of carbonyl (C=O) groups is 2. The minimum atomic E-state index is -0.395. The summed E-state index contributed by atoms with van der Waals surface area (Å²) in [4.78, 5) is 26.8. The average Bonchev–Trinajstić information content (AvgIpc) is 3.05. The van der Waals surface area contributed by atoms with E-state index in [4.69, 9.17) is 9.47 Å². The highest BCUT2D eigenvalue weighted by Crippen LogP contribution is 2.36. The van der Waals surface area contributed by atoms with Crippen LogP contribution < -0.4 is 19.7 Å². The number of rotatable bonds is 3. The lowest BCUT2D eigenvalue weighted by molar-refractivity contribution is -0.122. The number of nitrogens with zero attached hydrogens (tertiary/aromatic N) is 1. The molecule has 2 aliphatic rings. The first-order chi connectivity index (χ1) is 13.0. The predicted octanol–water partition coefficient (Wildman–Crippen LogP) is 3.52. The molecule has 1 saturated heterocycles. The van der Waals surface area contributed by atoms with Gasteiger partial charge in [-0.3, -0.25) is 9.59 Å². The van der Waals surface area contributed by atoms with Crippen molar-refractivity contribution in [3.8, 4) is 11.5 Å². The van der Waals surface area contributed by atoms with E-state index in [2.05, 4.69) is 21.2 Å². The number of nitrogens with one attached hydrogen (secondary N) is 1. The van der Waals surface area contributed by atoms with E-state index in [-0.39, 0.29) is 18.2 Å². The van der Waals surface area contributed by atoms with Crippen molar-refractivity contribution in [2.75, 3.05) is 30.0 Å². The minimum absolute atomic E-state index is 0.0700. The molecule has 2 aliphatic heterocycles. The number of fused-ring (bicyclic) bond motifs is 1. The van der Waals surface area contributed by atoms with Gasteiger partial charge in [-0.2, -0.15) is 0 Å². The van der Waals surface area contributed by atoms with Crippen LogP contribution >= 0.6 is 15.9 Å². The Morgan fingerprint density at radius 3 is 2.70 bits per heavy atom. The largest absolute Gasteiger partial charge is 0.486 e. The molecule has 1 fully saturated rings. The summed E-state index contributed by atoms with van der Waals surface area (Å²) in [6.45, 7) is 3.29. The quantitative estimate of drug-likeness (QED) is 0.808. The van der Waals surface area contributed by atoms with Crippen molar-refractivity contribution in [2.45, 2.75) is 13.3 Å². The molecule has 1 atom stereocenters. The second-order valence-electron chi connectivity index (χ2n) is 6.68. The summed E-state index contributed by atoms with van der Waals surface area (Å²) >= 11 is 3.41. The lowest BCUT2D eigenvalue weighted by atomic mass is 10.1. The Morgan fingerprint density at radius 2 is 1.93 bits per heavy atom. The molecule has 2 aromatic carbocycles. The zero-order chi connectivity index (χ0) is 19.0. The number of amides is 2.